The quantitative estimate of drug-likeness (QED) is 0.157. The predicted octanol–water partition coefficient (Wildman–Crippen LogP) is 9.80. The van der Waals surface area contributed by atoms with Crippen molar-refractivity contribution in [3.8, 4) is 11.1 Å². The van der Waals surface area contributed by atoms with Crippen LogP contribution in [-0.2, 0) is 6.42 Å². The first-order valence-corrected chi connectivity index (χ1v) is 21.8. The number of benzene rings is 3. The molecule has 184 valence electrons. The van der Waals surface area contributed by atoms with Gasteiger partial charge in [-0.1, -0.05) is 0 Å². The van der Waals surface area contributed by atoms with Crippen LogP contribution in [0.4, 0.5) is 0 Å². The van der Waals surface area contributed by atoms with E-state index in [4.69, 9.17) is 0 Å². The van der Waals surface area contributed by atoms with E-state index < -0.39 is 18.4 Å². The van der Waals surface area contributed by atoms with Crippen molar-refractivity contribution < 1.29 is 0 Å². The molecule has 0 nitrogen and oxygen atoms in total. The third-order valence-corrected chi connectivity index (χ3v) is 24.1. The summed E-state index contributed by atoms with van der Waals surface area (Å²) in [7, 11) is 0. The number of unbranched alkanes of at least 4 members (excludes halogenated alkanes) is 3. The van der Waals surface area contributed by atoms with E-state index in [2.05, 4.69) is 99.7 Å². The minimum absolute atomic E-state index is 1.03. The van der Waals surface area contributed by atoms with Crippen molar-refractivity contribution in [3.63, 3.8) is 0 Å². The fourth-order valence-corrected chi connectivity index (χ4v) is 23.5. The third-order valence-electron chi connectivity index (χ3n) is 8.53. The fraction of sp³-hybridized carbons (Fsp3) is 0.371. The molecule has 1 heteroatoms. The summed E-state index contributed by atoms with van der Waals surface area (Å²) in [5.74, 6) is 0. The summed E-state index contributed by atoms with van der Waals surface area (Å²) >= 11 is -2.76. The van der Waals surface area contributed by atoms with Gasteiger partial charge in [0.1, 0.15) is 0 Å². The number of allylic oxidation sites excluding steroid dienone is 6. The molecular formula is C35H41Sn+. The Labute approximate surface area is 223 Å². The van der Waals surface area contributed by atoms with Crippen LogP contribution < -0.4 is 3.58 Å². The van der Waals surface area contributed by atoms with Crippen LogP contribution in [0.1, 0.15) is 70.4 Å². The van der Waals surface area contributed by atoms with Gasteiger partial charge in [-0.15, -0.1) is 0 Å². The van der Waals surface area contributed by atoms with Crippen LogP contribution in [0.2, 0.25) is 13.3 Å². The summed E-state index contributed by atoms with van der Waals surface area (Å²) in [5.41, 5.74) is 8.86. The molecule has 0 aromatic heterocycles. The normalized spacial score (nSPS) is 14.3. The standard InChI is InChI=1S/C23H14.3C4H9.Sn/c1-2-7-16(8-3-1)20-13-14-22-19-11-5-4-9-17(19)15-18-10-6-12-21(20)23(18)22;3*1-3-4-2;/h1-4,6-12,14H,15H2;3*1,3-4H2,2H3;/q+1;;;;. The molecule has 5 rings (SSSR count). The van der Waals surface area contributed by atoms with E-state index in [1.807, 2.05) is 3.58 Å². The van der Waals surface area contributed by atoms with Crippen LogP contribution in [0.15, 0.2) is 78.4 Å². The van der Waals surface area contributed by atoms with Gasteiger partial charge in [0, 0.05) is 0 Å². The predicted molar refractivity (Wildman–Crippen MR) is 161 cm³/mol. The molecule has 0 fully saturated rings. The van der Waals surface area contributed by atoms with Crippen molar-refractivity contribution in [2.24, 2.45) is 0 Å². The van der Waals surface area contributed by atoms with E-state index in [0.29, 0.717) is 0 Å². The molecule has 0 radical (unpaired) electrons. The zero-order valence-electron chi connectivity index (χ0n) is 22.5. The second-order valence-electron chi connectivity index (χ2n) is 10.9. The monoisotopic (exact) mass is 581 g/mol. The van der Waals surface area contributed by atoms with Gasteiger partial charge in [0.15, 0.2) is 0 Å². The first-order chi connectivity index (χ1) is 17.7. The Hall–Kier alpha value is -2.15. The van der Waals surface area contributed by atoms with E-state index in [1.54, 1.807) is 5.56 Å². The molecule has 3 aromatic carbocycles. The second-order valence-corrected chi connectivity index (χ2v) is 24.0. The van der Waals surface area contributed by atoms with Crippen molar-refractivity contribution in [1.82, 2.24) is 0 Å². The second kappa shape index (κ2) is 11.5. The Morgan fingerprint density at radius 1 is 0.806 bits per heavy atom. The van der Waals surface area contributed by atoms with E-state index in [1.165, 1.54) is 90.4 Å². The van der Waals surface area contributed by atoms with Gasteiger partial charge in [-0.2, -0.15) is 0 Å². The SMILES string of the molecule is CCC[CH2][Sn]([CH2]CCC)([CH2]CCC)[c]1cc2c3c(cccc3c1-c1ccccc1)CC1=C2C=[C+]C=C1. The zero-order chi connectivity index (χ0) is 25.0. The minimum atomic E-state index is -2.76. The fourth-order valence-electron chi connectivity index (χ4n) is 6.65. The first-order valence-electron chi connectivity index (χ1n) is 14.4. The Morgan fingerprint density at radius 3 is 2.17 bits per heavy atom. The topological polar surface area (TPSA) is 0 Å². The van der Waals surface area contributed by atoms with Crippen LogP contribution in [0.5, 0.6) is 0 Å². The molecule has 0 spiro atoms. The van der Waals surface area contributed by atoms with Gasteiger partial charge < -0.3 is 0 Å². The summed E-state index contributed by atoms with van der Waals surface area (Å²) < 4.78 is 6.28. The molecule has 0 saturated heterocycles. The summed E-state index contributed by atoms with van der Waals surface area (Å²) in [6.45, 7) is 7.16. The van der Waals surface area contributed by atoms with E-state index in [9.17, 15) is 0 Å². The average molecular weight is 580 g/mol. The van der Waals surface area contributed by atoms with E-state index >= 15 is 0 Å². The van der Waals surface area contributed by atoms with Crippen molar-refractivity contribution in [2.75, 3.05) is 0 Å². The molecule has 0 saturated carbocycles. The molecule has 0 bridgehead atoms. The Bertz CT molecular complexity index is 1280. The number of rotatable bonds is 11. The summed E-state index contributed by atoms with van der Waals surface area (Å²) in [4.78, 5) is 0. The van der Waals surface area contributed by atoms with Crippen molar-refractivity contribution >= 4 is 38.3 Å². The Morgan fingerprint density at radius 2 is 1.50 bits per heavy atom. The maximum atomic E-state index is 3.42. The van der Waals surface area contributed by atoms with Gasteiger partial charge in [-0.3, -0.25) is 0 Å². The van der Waals surface area contributed by atoms with Gasteiger partial charge in [-0.25, -0.2) is 0 Å². The average Bonchev–Trinajstić information content (AvgIpc) is 2.93. The number of hydrogen-bond acceptors (Lipinski definition) is 0. The summed E-state index contributed by atoms with van der Waals surface area (Å²) in [5, 5.41) is 2.99. The van der Waals surface area contributed by atoms with Gasteiger partial charge in [-0.05, 0) is 0 Å². The Kier molecular flexibility index (Phi) is 8.14. The molecule has 0 heterocycles. The molecule has 2 aliphatic carbocycles. The molecule has 0 unspecified atom stereocenters. The number of hydrogen-bond donors (Lipinski definition) is 0. The van der Waals surface area contributed by atoms with E-state index in [0.717, 1.165) is 6.42 Å². The van der Waals surface area contributed by atoms with Crippen molar-refractivity contribution in [1.29, 1.82) is 0 Å². The van der Waals surface area contributed by atoms with Gasteiger partial charge in [0.2, 0.25) is 0 Å². The van der Waals surface area contributed by atoms with Crippen LogP contribution in [-0.4, -0.2) is 18.4 Å². The molecular weight excluding hydrogens is 539 g/mol. The van der Waals surface area contributed by atoms with Crippen LogP contribution in [0.3, 0.4) is 0 Å². The zero-order valence-corrected chi connectivity index (χ0v) is 25.4. The van der Waals surface area contributed by atoms with Crippen LogP contribution >= 0.6 is 0 Å². The summed E-state index contributed by atoms with van der Waals surface area (Å²) in [6, 6.07) is 21.2. The van der Waals surface area contributed by atoms with Crippen molar-refractivity contribution in [3.05, 3.63) is 95.6 Å². The molecule has 36 heavy (non-hydrogen) atoms. The van der Waals surface area contributed by atoms with Gasteiger partial charge in [0.05, 0.1) is 0 Å². The van der Waals surface area contributed by atoms with Crippen molar-refractivity contribution in [2.45, 2.75) is 79.0 Å². The molecule has 0 atom stereocenters. The summed E-state index contributed by atoms with van der Waals surface area (Å²) in [6.07, 6.45) is 19.2. The van der Waals surface area contributed by atoms with Crippen LogP contribution in [0, 0.1) is 6.08 Å². The molecule has 2 aliphatic rings. The molecule has 0 amide bonds. The number of fused-ring (bicyclic) bond motifs is 1. The Balaban J connectivity index is 1.87. The van der Waals surface area contributed by atoms with Crippen LogP contribution in [0.25, 0.3) is 27.5 Å². The molecule has 0 aliphatic heterocycles. The van der Waals surface area contributed by atoms with E-state index in [-0.39, 0.29) is 0 Å². The van der Waals surface area contributed by atoms with Gasteiger partial charge >= 0.3 is 224 Å². The maximum absolute atomic E-state index is 3.42. The third kappa shape index (κ3) is 4.75. The first kappa shape index (κ1) is 25.5. The molecule has 3 aromatic rings. The van der Waals surface area contributed by atoms with Gasteiger partial charge in [0.25, 0.3) is 0 Å². The molecule has 0 N–H and O–H groups in total.